The maximum absolute atomic E-state index is 6.03. The molecule has 1 aromatic carbocycles. The standard InChI is InChI=1S/C16H22N4O/c1-13-3-4-16(21-12-14-10-18-19(2)11-14)15(9-13)20-7-5-17-6-8-20/h3-4,9-11,17H,5-8,12H2,1-2H3. The number of ether oxygens (including phenoxy) is 1. The summed E-state index contributed by atoms with van der Waals surface area (Å²) in [5.74, 6) is 0.950. The third kappa shape index (κ3) is 3.36. The lowest BCUT2D eigenvalue weighted by Gasteiger charge is -2.31. The summed E-state index contributed by atoms with van der Waals surface area (Å²) in [4.78, 5) is 2.39. The maximum Gasteiger partial charge on any atom is 0.143 e. The summed E-state index contributed by atoms with van der Waals surface area (Å²) in [6.07, 6.45) is 3.83. The molecule has 2 aromatic rings. The fraction of sp³-hybridized carbons (Fsp3) is 0.438. The van der Waals surface area contributed by atoms with Gasteiger partial charge in [-0.3, -0.25) is 4.68 Å². The van der Waals surface area contributed by atoms with Crippen molar-refractivity contribution in [2.24, 2.45) is 7.05 Å². The molecule has 0 saturated carbocycles. The molecule has 0 spiro atoms. The number of hydrogen-bond acceptors (Lipinski definition) is 4. The second-order valence-electron chi connectivity index (χ2n) is 5.52. The Hall–Kier alpha value is -2.01. The van der Waals surface area contributed by atoms with Crippen molar-refractivity contribution in [3.63, 3.8) is 0 Å². The van der Waals surface area contributed by atoms with Gasteiger partial charge < -0.3 is 15.0 Å². The number of piperazine rings is 1. The Balaban J connectivity index is 1.77. The van der Waals surface area contributed by atoms with E-state index in [2.05, 4.69) is 40.4 Å². The molecule has 2 heterocycles. The van der Waals surface area contributed by atoms with Crippen LogP contribution >= 0.6 is 0 Å². The zero-order valence-electron chi connectivity index (χ0n) is 12.7. The molecule has 1 aliphatic rings. The third-order valence-corrected chi connectivity index (χ3v) is 3.72. The highest BCUT2D eigenvalue weighted by molar-refractivity contribution is 5.60. The predicted molar refractivity (Wildman–Crippen MR) is 83.8 cm³/mol. The van der Waals surface area contributed by atoms with Crippen molar-refractivity contribution in [3.05, 3.63) is 41.7 Å². The van der Waals surface area contributed by atoms with Crippen LogP contribution in [0.3, 0.4) is 0 Å². The first-order valence-corrected chi connectivity index (χ1v) is 7.39. The summed E-state index contributed by atoms with van der Waals surface area (Å²) < 4.78 is 7.83. The van der Waals surface area contributed by atoms with Crippen molar-refractivity contribution in [2.45, 2.75) is 13.5 Å². The van der Waals surface area contributed by atoms with Gasteiger partial charge in [-0.2, -0.15) is 5.10 Å². The number of nitrogens with zero attached hydrogens (tertiary/aromatic N) is 3. The molecular weight excluding hydrogens is 264 g/mol. The molecule has 0 radical (unpaired) electrons. The van der Waals surface area contributed by atoms with Gasteiger partial charge in [0, 0.05) is 45.0 Å². The largest absolute Gasteiger partial charge is 0.487 e. The molecule has 0 atom stereocenters. The van der Waals surface area contributed by atoms with E-state index >= 15 is 0 Å². The van der Waals surface area contributed by atoms with Crippen LogP contribution in [0, 0.1) is 6.92 Å². The zero-order chi connectivity index (χ0) is 14.7. The van der Waals surface area contributed by atoms with Gasteiger partial charge >= 0.3 is 0 Å². The van der Waals surface area contributed by atoms with Crippen LogP contribution in [0.25, 0.3) is 0 Å². The second-order valence-corrected chi connectivity index (χ2v) is 5.52. The minimum absolute atomic E-state index is 0.552. The summed E-state index contributed by atoms with van der Waals surface area (Å²) in [6.45, 7) is 6.76. The summed E-state index contributed by atoms with van der Waals surface area (Å²) in [5, 5.41) is 7.56. The molecular formula is C16H22N4O. The first-order valence-electron chi connectivity index (χ1n) is 7.39. The molecule has 0 aliphatic carbocycles. The normalized spacial score (nSPS) is 15.2. The SMILES string of the molecule is Cc1ccc(OCc2cnn(C)c2)c(N2CCNCC2)c1. The average Bonchev–Trinajstić information content (AvgIpc) is 2.92. The Kier molecular flexibility index (Phi) is 4.10. The molecule has 1 aliphatic heterocycles. The summed E-state index contributed by atoms with van der Waals surface area (Å²) in [5.41, 5.74) is 3.54. The Labute approximate surface area is 125 Å². The Morgan fingerprint density at radius 3 is 2.81 bits per heavy atom. The van der Waals surface area contributed by atoms with Crippen LogP contribution < -0.4 is 15.0 Å². The number of nitrogens with one attached hydrogen (secondary N) is 1. The van der Waals surface area contributed by atoms with Crippen LogP contribution in [0.2, 0.25) is 0 Å². The van der Waals surface area contributed by atoms with E-state index in [-0.39, 0.29) is 0 Å². The van der Waals surface area contributed by atoms with Gasteiger partial charge in [-0.05, 0) is 24.6 Å². The van der Waals surface area contributed by atoms with Gasteiger partial charge in [-0.15, -0.1) is 0 Å². The fourth-order valence-electron chi connectivity index (χ4n) is 2.61. The lowest BCUT2D eigenvalue weighted by molar-refractivity contribution is 0.306. The molecule has 0 bridgehead atoms. The molecule has 5 nitrogen and oxygen atoms in total. The Morgan fingerprint density at radius 2 is 2.10 bits per heavy atom. The fourth-order valence-corrected chi connectivity index (χ4v) is 2.61. The van der Waals surface area contributed by atoms with E-state index in [1.54, 1.807) is 4.68 Å². The quantitative estimate of drug-likeness (QED) is 0.929. The molecule has 21 heavy (non-hydrogen) atoms. The van der Waals surface area contributed by atoms with Crippen LogP contribution in [0.5, 0.6) is 5.75 Å². The second kappa shape index (κ2) is 6.18. The van der Waals surface area contributed by atoms with E-state index in [4.69, 9.17) is 4.74 Å². The lowest BCUT2D eigenvalue weighted by Crippen LogP contribution is -2.43. The molecule has 0 unspecified atom stereocenters. The topological polar surface area (TPSA) is 42.3 Å². The van der Waals surface area contributed by atoms with Crippen LogP contribution in [-0.4, -0.2) is 36.0 Å². The first-order chi connectivity index (χ1) is 10.2. The lowest BCUT2D eigenvalue weighted by atomic mass is 10.1. The van der Waals surface area contributed by atoms with Gasteiger partial charge in [-0.1, -0.05) is 6.07 Å². The smallest absolute Gasteiger partial charge is 0.143 e. The van der Waals surface area contributed by atoms with E-state index in [1.165, 1.54) is 11.3 Å². The molecule has 1 N–H and O–H groups in total. The number of benzene rings is 1. The van der Waals surface area contributed by atoms with Crippen LogP contribution in [0.1, 0.15) is 11.1 Å². The maximum atomic E-state index is 6.03. The molecule has 1 saturated heterocycles. The van der Waals surface area contributed by atoms with E-state index in [9.17, 15) is 0 Å². The number of hydrogen-bond donors (Lipinski definition) is 1. The highest BCUT2D eigenvalue weighted by Gasteiger charge is 2.15. The Morgan fingerprint density at radius 1 is 1.29 bits per heavy atom. The van der Waals surface area contributed by atoms with E-state index in [0.29, 0.717) is 6.61 Å². The van der Waals surface area contributed by atoms with Crippen molar-refractivity contribution in [2.75, 3.05) is 31.1 Å². The molecule has 1 aromatic heterocycles. The van der Waals surface area contributed by atoms with E-state index in [1.807, 2.05) is 19.4 Å². The zero-order valence-corrected chi connectivity index (χ0v) is 12.7. The molecule has 3 rings (SSSR count). The van der Waals surface area contributed by atoms with Crippen molar-refractivity contribution >= 4 is 5.69 Å². The predicted octanol–water partition coefficient (Wildman–Crippen LogP) is 1.72. The summed E-state index contributed by atoms with van der Waals surface area (Å²) in [6, 6.07) is 6.39. The van der Waals surface area contributed by atoms with Gasteiger partial charge in [0.15, 0.2) is 0 Å². The highest BCUT2D eigenvalue weighted by Crippen LogP contribution is 2.30. The van der Waals surface area contributed by atoms with Gasteiger partial charge in [0.1, 0.15) is 12.4 Å². The number of aromatic nitrogens is 2. The minimum atomic E-state index is 0.552. The summed E-state index contributed by atoms with van der Waals surface area (Å²) in [7, 11) is 1.92. The van der Waals surface area contributed by atoms with Crippen LogP contribution in [0.4, 0.5) is 5.69 Å². The van der Waals surface area contributed by atoms with Crippen molar-refractivity contribution in [1.29, 1.82) is 0 Å². The number of rotatable bonds is 4. The van der Waals surface area contributed by atoms with Crippen LogP contribution in [0.15, 0.2) is 30.6 Å². The third-order valence-electron chi connectivity index (χ3n) is 3.72. The van der Waals surface area contributed by atoms with E-state index in [0.717, 1.165) is 37.5 Å². The van der Waals surface area contributed by atoms with Crippen molar-refractivity contribution in [3.8, 4) is 5.75 Å². The van der Waals surface area contributed by atoms with Gasteiger partial charge in [0.2, 0.25) is 0 Å². The Bertz CT molecular complexity index is 602. The minimum Gasteiger partial charge on any atom is -0.487 e. The van der Waals surface area contributed by atoms with Crippen LogP contribution in [-0.2, 0) is 13.7 Å². The van der Waals surface area contributed by atoms with E-state index < -0.39 is 0 Å². The molecule has 1 fully saturated rings. The van der Waals surface area contributed by atoms with Gasteiger partial charge in [-0.25, -0.2) is 0 Å². The number of aryl methyl sites for hydroxylation is 2. The monoisotopic (exact) mass is 286 g/mol. The van der Waals surface area contributed by atoms with Gasteiger partial charge in [0.05, 0.1) is 11.9 Å². The molecule has 112 valence electrons. The van der Waals surface area contributed by atoms with Crippen molar-refractivity contribution < 1.29 is 4.74 Å². The van der Waals surface area contributed by atoms with Gasteiger partial charge in [0.25, 0.3) is 0 Å². The first kappa shape index (κ1) is 13.9. The van der Waals surface area contributed by atoms with Crippen molar-refractivity contribution in [1.82, 2.24) is 15.1 Å². The average molecular weight is 286 g/mol. The summed E-state index contributed by atoms with van der Waals surface area (Å²) >= 11 is 0. The highest BCUT2D eigenvalue weighted by atomic mass is 16.5. The molecule has 0 amide bonds. The molecule has 5 heteroatoms. The number of anilines is 1.